The third kappa shape index (κ3) is 5.17. The Morgan fingerprint density at radius 2 is 1.92 bits per heavy atom. The third-order valence-corrected chi connectivity index (χ3v) is 4.79. The molecule has 9 heteroatoms. The fraction of sp³-hybridized carbons (Fsp3) is 0.500. The van der Waals surface area contributed by atoms with Crippen molar-refractivity contribution in [3.8, 4) is 5.75 Å². The number of esters is 1. The summed E-state index contributed by atoms with van der Waals surface area (Å²) in [4.78, 5) is 25.4. The smallest absolute Gasteiger partial charge is 0.311 e. The Morgan fingerprint density at radius 1 is 1.28 bits per heavy atom. The molecule has 2 rings (SSSR count). The van der Waals surface area contributed by atoms with E-state index in [1.54, 1.807) is 4.90 Å². The number of hydrogen-bond acceptors (Lipinski definition) is 6. The Kier molecular flexibility index (Phi) is 6.02. The van der Waals surface area contributed by atoms with Gasteiger partial charge >= 0.3 is 5.97 Å². The molecule has 1 atom stereocenters. The first-order valence-corrected chi connectivity index (χ1v) is 9.45. The van der Waals surface area contributed by atoms with Crippen molar-refractivity contribution >= 4 is 21.9 Å². The van der Waals surface area contributed by atoms with Crippen molar-refractivity contribution in [1.82, 2.24) is 4.90 Å². The Morgan fingerprint density at radius 3 is 2.44 bits per heavy atom. The molecule has 8 nitrogen and oxygen atoms in total. The van der Waals surface area contributed by atoms with Crippen molar-refractivity contribution in [2.75, 3.05) is 19.8 Å². The first-order valence-electron chi connectivity index (χ1n) is 7.90. The summed E-state index contributed by atoms with van der Waals surface area (Å²) in [6, 6.07) is 5.67. The van der Waals surface area contributed by atoms with E-state index >= 15 is 0 Å². The molecule has 0 saturated carbocycles. The second-order valence-electron chi connectivity index (χ2n) is 6.07. The Balaban J connectivity index is 1.74. The van der Waals surface area contributed by atoms with Crippen LogP contribution >= 0.6 is 0 Å². The second-order valence-corrected chi connectivity index (χ2v) is 7.63. The predicted molar refractivity (Wildman–Crippen MR) is 89.2 cm³/mol. The molecule has 1 amide bonds. The number of amides is 1. The first-order chi connectivity index (χ1) is 11.7. The molecular formula is C16H22N2O6S. The molecule has 2 N–H and O–H groups in total. The van der Waals surface area contributed by atoms with Crippen molar-refractivity contribution in [1.29, 1.82) is 0 Å². The summed E-state index contributed by atoms with van der Waals surface area (Å²) in [5.41, 5.74) is 0. The summed E-state index contributed by atoms with van der Waals surface area (Å²) < 4.78 is 32.8. The van der Waals surface area contributed by atoms with Crippen molar-refractivity contribution < 1.29 is 27.5 Å². The maximum Gasteiger partial charge on any atom is 0.311 e. The molecule has 1 aromatic carbocycles. The first kappa shape index (κ1) is 19.2. The van der Waals surface area contributed by atoms with Crippen LogP contribution in [-0.4, -0.2) is 51.0 Å². The van der Waals surface area contributed by atoms with Crippen molar-refractivity contribution in [3.05, 3.63) is 24.3 Å². The third-order valence-electron chi connectivity index (χ3n) is 3.86. The summed E-state index contributed by atoms with van der Waals surface area (Å²) in [6.45, 7) is 4.35. The molecule has 1 fully saturated rings. The molecule has 0 aliphatic carbocycles. The van der Waals surface area contributed by atoms with E-state index in [1.165, 1.54) is 24.3 Å². The summed E-state index contributed by atoms with van der Waals surface area (Å²) in [5.74, 6) is -0.456. The lowest BCUT2D eigenvalue weighted by atomic mass is 10.1. The number of hydrogen-bond donors (Lipinski definition) is 1. The molecule has 0 bridgehead atoms. The lowest BCUT2D eigenvalue weighted by Gasteiger charge is -2.20. The van der Waals surface area contributed by atoms with Gasteiger partial charge in [0.25, 0.3) is 0 Å². The average Bonchev–Trinajstić information content (AvgIpc) is 2.93. The lowest BCUT2D eigenvalue weighted by molar-refractivity contribution is -0.149. The van der Waals surface area contributed by atoms with Crippen molar-refractivity contribution in [2.45, 2.75) is 31.2 Å². The van der Waals surface area contributed by atoms with Crippen LogP contribution in [0.3, 0.4) is 0 Å². The molecule has 1 aliphatic rings. The second kappa shape index (κ2) is 7.83. The van der Waals surface area contributed by atoms with Gasteiger partial charge in [-0.3, -0.25) is 9.59 Å². The minimum absolute atomic E-state index is 0.00751. The number of carbonyl (C=O) groups excluding carboxylic acids is 2. The van der Waals surface area contributed by atoms with Crippen LogP contribution in [0.1, 0.15) is 20.3 Å². The van der Waals surface area contributed by atoms with E-state index in [1.807, 2.05) is 13.8 Å². The lowest BCUT2D eigenvalue weighted by Crippen LogP contribution is -2.33. The predicted octanol–water partition coefficient (Wildman–Crippen LogP) is 0.513. The minimum atomic E-state index is -3.74. The fourth-order valence-electron chi connectivity index (χ4n) is 2.53. The van der Waals surface area contributed by atoms with Crippen LogP contribution in [-0.2, 0) is 24.3 Å². The van der Waals surface area contributed by atoms with Gasteiger partial charge in [-0.2, -0.15) is 0 Å². The molecule has 138 valence electrons. The van der Waals surface area contributed by atoms with Crippen LogP contribution in [0.5, 0.6) is 5.75 Å². The monoisotopic (exact) mass is 370 g/mol. The van der Waals surface area contributed by atoms with Crippen molar-refractivity contribution in [2.24, 2.45) is 11.1 Å². The molecule has 1 heterocycles. The highest BCUT2D eigenvalue weighted by Crippen LogP contribution is 2.21. The van der Waals surface area contributed by atoms with Gasteiger partial charge in [0.1, 0.15) is 19.0 Å². The molecule has 1 aromatic rings. The molecule has 1 aliphatic heterocycles. The topological polar surface area (TPSA) is 116 Å². The van der Waals surface area contributed by atoms with E-state index < -0.39 is 21.9 Å². The number of ether oxygens (including phenoxy) is 2. The van der Waals surface area contributed by atoms with Gasteiger partial charge < -0.3 is 14.4 Å². The van der Waals surface area contributed by atoms with Gasteiger partial charge in [-0.1, -0.05) is 0 Å². The normalized spacial score (nSPS) is 17.8. The maximum absolute atomic E-state index is 12.0. The van der Waals surface area contributed by atoms with Crippen LogP contribution in [0.2, 0.25) is 0 Å². The average molecular weight is 370 g/mol. The number of carbonyl (C=O) groups is 2. The molecule has 0 aromatic heterocycles. The van der Waals surface area contributed by atoms with Gasteiger partial charge in [0, 0.05) is 19.0 Å². The Hall–Kier alpha value is -2.13. The summed E-state index contributed by atoms with van der Waals surface area (Å²) >= 11 is 0. The van der Waals surface area contributed by atoms with E-state index in [-0.39, 0.29) is 36.5 Å². The van der Waals surface area contributed by atoms with Gasteiger partial charge in [-0.25, -0.2) is 13.6 Å². The van der Waals surface area contributed by atoms with E-state index in [4.69, 9.17) is 14.6 Å². The van der Waals surface area contributed by atoms with Crippen molar-refractivity contribution in [3.63, 3.8) is 0 Å². The Bertz CT molecular complexity index is 729. The SMILES string of the molecule is CC(C)N1CC(C(=O)OCCOc2ccc(S(N)(=O)=O)cc2)CC1=O. The standard InChI is InChI=1S/C16H22N2O6S/c1-11(2)18-10-12(9-15(18)19)16(20)24-8-7-23-13-3-5-14(6-4-13)25(17,21)22/h3-6,11-12H,7-10H2,1-2H3,(H2,17,21,22). The maximum atomic E-state index is 12.0. The van der Waals surface area contributed by atoms with Gasteiger partial charge in [-0.05, 0) is 38.1 Å². The highest BCUT2D eigenvalue weighted by molar-refractivity contribution is 7.89. The van der Waals surface area contributed by atoms with Crippen LogP contribution in [0, 0.1) is 5.92 Å². The number of sulfonamides is 1. The molecular weight excluding hydrogens is 348 g/mol. The zero-order chi connectivity index (χ0) is 18.6. The van der Waals surface area contributed by atoms with Crippen LogP contribution in [0.15, 0.2) is 29.2 Å². The highest BCUT2D eigenvalue weighted by atomic mass is 32.2. The Labute approximate surface area is 146 Å². The largest absolute Gasteiger partial charge is 0.490 e. The van der Waals surface area contributed by atoms with Crippen LogP contribution in [0.4, 0.5) is 0 Å². The zero-order valence-corrected chi connectivity index (χ0v) is 15.0. The summed E-state index contributed by atoms with van der Waals surface area (Å²) in [5, 5.41) is 5.01. The number of rotatable bonds is 7. The summed E-state index contributed by atoms with van der Waals surface area (Å²) in [7, 11) is -3.74. The summed E-state index contributed by atoms with van der Waals surface area (Å²) in [6.07, 6.45) is 0.174. The van der Waals surface area contributed by atoms with Crippen LogP contribution in [0.25, 0.3) is 0 Å². The molecule has 0 radical (unpaired) electrons. The molecule has 1 saturated heterocycles. The molecule has 0 spiro atoms. The number of nitrogens with zero attached hydrogens (tertiary/aromatic N) is 1. The fourth-order valence-corrected chi connectivity index (χ4v) is 3.05. The van der Waals surface area contributed by atoms with E-state index in [0.717, 1.165) is 0 Å². The number of likely N-dealkylation sites (tertiary alicyclic amines) is 1. The van der Waals surface area contributed by atoms with Crippen LogP contribution < -0.4 is 9.88 Å². The number of nitrogens with two attached hydrogens (primary N) is 1. The van der Waals surface area contributed by atoms with Gasteiger partial charge in [0.2, 0.25) is 15.9 Å². The van der Waals surface area contributed by atoms with E-state index in [0.29, 0.717) is 12.3 Å². The van der Waals surface area contributed by atoms with Gasteiger partial charge in [0.15, 0.2) is 0 Å². The number of primary sulfonamides is 1. The highest BCUT2D eigenvalue weighted by Gasteiger charge is 2.36. The quantitative estimate of drug-likeness (QED) is 0.552. The molecule has 25 heavy (non-hydrogen) atoms. The minimum Gasteiger partial charge on any atom is -0.490 e. The molecule has 1 unspecified atom stereocenters. The van der Waals surface area contributed by atoms with E-state index in [2.05, 4.69) is 0 Å². The number of benzene rings is 1. The zero-order valence-electron chi connectivity index (χ0n) is 14.2. The van der Waals surface area contributed by atoms with Gasteiger partial charge in [0.05, 0.1) is 10.8 Å². The van der Waals surface area contributed by atoms with E-state index in [9.17, 15) is 18.0 Å². The van der Waals surface area contributed by atoms with Gasteiger partial charge in [-0.15, -0.1) is 0 Å².